The Morgan fingerprint density at radius 1 is 1.03 bits per heavy atom. The fourth-order valence-corrected chi connectivity index (χ4v) is 10.2. The van der Waals surface area contributed by atoms with Gasteiger partial charge in [0.25, 0.3) is 0 Å². The molecule has 0 radical (unpaired) electrons. The van der Waals surface area contributed by atoms with Crippen LogP contribution in [0.15, 0.2) is 59.0 Å². The van der Waals surface area contributed by atoms with E-state index in [0.717, 1.165) is 28.8 Å². The molecule has 5 aromatic rings. The van der Waals surface area contributed by atoms with E-state index >= 15 is 4.39 Å². The van der Waals surface area contributed by atoms with Gasteiger partial charge in [0.05, 0.1) is 35.0 Å². The fourth-order valence-electron chi connectivity index (χ4n) is 8.71. The van der Waals surface area contributed by atoms with Crippen molar-refractivity contribution in [3.63, 3.8) is 0 Å². The molecule has 9 rings (SSSR count). The molecule has 0 spiro atoms. The minimum absolute atomic E-state index is 0.0364. The number of amides is 1. The Balaban J connectivity index is 0.928. The van der Waals surface area contributed by atoms with Gasteiger partial charge in [-0.3, -0.25) is 19.3 Å². The zero-order chi connectivity index (χ0) is 41.9. The van der Waals surface area contributed by atoms with Crippen LogP contribution in [0.4, 0.5) is 4.39 Å². The third-order valence-corrected chi connectivity index (χ3v) is 14.8. The van der Waals surface area contributed by atoms with Gasteiger partial charge in [0.2, 0.25) is 33.6 Å². The molecule has 0 bridgehead atoms. The van der Waals surface area contributed by atoms with E-state index in [1.54, 1.807) is 50.4 Å². The van der Waals surface area contributed by atoms with Gasteiger partial charge in [-0.1, -0.05) is 41.9 Å². The van der Waals surface area contributed by atoms with E-state index in [1.807, 2.05) is 23.1 Å². The van der Waals surface area contributed by atoms with Crippen LogP contribution in [-0.4, -0.2) is 83.3 Å². The maximum Gasteiger partial charge on any atom is 0.240 e. The Morgan fingerprint density at radius 3 is 2.53 bits per heavy atom. The number of carbonyl (C=O) groups is 1. The van der Waals surface area contributed by atoms with Crippen LogP contribution in [0.5, 0.6) is 11.8 Å². The number of carbonyl (C=O) groups excluding carboxylic acids is 1. The Hall–Kier alpha value is -5.11. The number of nitriles is 1. The number of fused-ring (bicyclic) bond motifs is 2. The number of β-amino-alcohol motifs (C(OH)–C–C–N with tert-alkyl or cyclic N) is 1. The maximum atomic E-state index is 16.7. The van der Waals surface area contributed by atoms with Gasteiger partial charge in [-0.25, -0.2) is 17.8 Å². The molecule has 312 valence electrons. The number of benzene rings is 3. The second-order valence-corrected chi connectivity index (χ2v) is 19.2. The topological polar surface area (TPSA) is 171 Å². The molecule has 3 fully saturated rings. The minimum atomic E-state index is -3.72. The summed E-state index contributed by atoms with van der Waals surface area (Å²) in [7, 11) is -2.17. The predicted octanol–water partition coefficient (Wildman–Crippen LogP) is 6.68. The van der Waals surface area contributed by atoms with Crippen LogP contribution in [0, 0.1) is 23.1 Å². The first-order chi connectivity index (χ1) is 28.8. The molecule has 16 heteroatoms. The molecule has 3 atom stereocenters. The highest BCUT2D eigenvalue weighted by molar-refractivity contribution is 7.91. The number of aliphatic hydroxyl groups is 1. The highest BCUT2D eigenvalue weighted by Crippen LogP contribution is 2.44. The van der Waals surface area contributed by atoms with Gasteiger partial charge < -0.3 is 19.0 Å². The second kappa shape index (κ2) is 15.7. The van der Waals surface area contributed by atoms with Gasteiger partial charge in [0.1, 0.15) is 28.5 Å². The number of sulfonamides is 1. The van der Waals surface area contributed by atoms with Crippen LogP contribution in [0.1, 0.15) is 72.9 Å². The molecule has 0 unspecified atom stereocenters. The summed E-state index contributed by atoms with van der Waals surface area (Å²) in [6, 6.07) is 18.3. The third kappa shape index (κ3) is 7.60. The number of nitrogens with zero attached hydrogens (tertiary/aromatic N) is 5. The average Bonchev–Trinajstić information content (AvgIpc) is 3.67. The molecule has 60 heavy (non-hydrogen) atoms. The second-order valence-electron chi connectivity index (χ2n) is 16.6. The summed E-state index contributed by atoms with van der Waals surface area (Å²) in [6.45, 7) is 4.88. The number of oxazole rings is 1. The van der Waals surface area contributed by atoms with Crippen molar-refractivity contribution < 1.29 is 36.6 Å². The quantitative estimate of drug-likeness (QED) is 0.137. The van der Waals surface area contributed by atoms with Crippen molar-refractivity contribution >= 4 is 38.6 Å². The van der Waals surface area contributed by atoms with Gasteiger partial charge in [0, 0.05) is 43.9 Å². The number of halogens is 2. The number of likely N-dealkylation sites (tertiary alicyclic amines) is 2. The summed E-state index contributed by atoms with van der Waals surface area (Å²) < 4.78 is 61.5. The van der Waals surface area contributed by atoms with Crippen molar-refractivity contribution in [3.8, 4) is 40.4 Å². The van der Waals surface area contributed by atoms with Crippen molar-refractivity contribution in [2.75, 3.05) is 33.3 Å². The molecule has 1 saturated carbocycles. The van der Waals surface area contributed by atoms with Crippen molar-refractivity contribution in [1.82, 2.24) is 24.5 Å². The number of aliphatic hydroxyl groups excluding tert-OH is 1. The molecule has 2 aliphatic carbocycles. The van der Waals surface area contributed by atoms with Crippen LogP contribution in [-0.2, 0) is 34.3 Å². The van der Waals surface area contributed by atoms with E-state index in [4.69, 9.17) is 25.5 Å². The van der Waals surface area contributed by atoms with Crippen molar-refractivity contribution in [2.45, 2.75) is 75.5 Å². The zero-order valence-electron chi connectivity index (χ0n) is 33.2. The van der Waals surface area contributed by atoms with Crippen LogP contribution in [0.25, 0.3) is 33.7 Å². The normalized spacial score (nSPS) is 21.2. The smallest absolute Gasteiger partial charge is 0.240 e. The molecule has 2 aliphatic heterocycles. The van der Waals surface area contributed by atoms with E-state index in [2.05, 4.69) is 25.7 Å². The maximum absolute atomic E-state index is 16.7. The number of ether oxygens (including phenoxy) is 2. The Morgan fingerprint density at radius 2 is 1.78 bits per heavy atom. The first kappa shape index (κ1) is 40.3. The van der Waals surface area contributed by atoms with Crippen molar-refractivity contribution in [3.05, 3.63) is 93.3 Å². The number of hydrogen-bond acceptors (Lipinski definition) is 12. The molecule has 13 nitrogen and oxygen atoms in total. The lowest BCUT2D eigenvalue weighted by Crippen LogP contribution is -2.42. The summed E-state index contributed by atoms with van der Waals surface area (Å²) in [5.74, 6) is -0.796. The number of rotatable bonds is 12. The first-order valence-corrected chi connectivity index (χ1v) is 22.0. The zero-order valence-corrected chi connectivity index (χ0v) is 34.8. The predicted molar refractivity (Wildman–Crippen MR) is 221 cm³/mol. The van der Waals surface area contributed by atoms with Crippen molar-refractivity contribution in [2.24, 2.45) is 5.92 Å². The van der Waals surface area contributed by atoms with Gasteiger partial charge >= 0.3 is 0 Å². The van der Waals surface area contributed by atoms with Crippen LogP contribution in [0.2, 0.25) is 5.02 Å². The van der Waals surface area contributed by atoms with Crippen molar-refractivity contribution in [1.29, 1.82) is 5.26 Å². The molecule has 4 aliphatic rings. The van der Waals surface area contributed by atoms with E-state index in [1.165, 1.54) is 0 Å². The Bertz CT molecular complexity index is 2680. The number of hydrogen-bond donors (Lipinski definition) is 2. The fraction of sp³-hybridized carbons (Fsp3) is 0.409. The monoisotopic (exact) mass is 854 g/mol. The van der Waals surface area contributed by atoms with Gasteiger partial charge in [0.15, 0.2) is 5.58 Å². The van der Waals surface area contributed by atoms with Crippen LogP contribution >= 0.6 is 11.6 Å². The standard InChI is InChI=1S/C44H44ClFN6O7S/c1-44(13-14-44)60(55,56)50-40(54)26-11-15-51(22-26)21-25-17-27(20-47)39-36(18-25)48-42(59-39)34-8-4-7-33(38(34)46)30-5-3-6-32-31(30)9-10-37(32)58-43-35(45)19-28(41(49-43)57-2)23-52-16-12-29(53)24-52/h3-8,17-19,26,29,37,53H,9-16,21-24H2,1-2H3,(H,50,54)/t26-,29-,37-/m1/s1. The molecular weight excluding hydrogens is 811 g/mol. The number of nitrogens with one attached hydrogen (secondary N) is 1. The highest BCUT2D eigenvalue weighted by Gasteiger charge is 2.51. The third-order valence-electron chi connectivity index (χ3n) is 12.4. The summed E-state index contributed by atoms with van der Waals surface area (Å²) in [6.07, 6.45) is 2.83. The lowest BCUT2D eigenvalue weighted by atomic mass is 9.95. The number of pyridine rings is 1. The molecule has 3 aromatic carbocycles. The Kier molecular flexibility index (Phi) is 10.6. The number of aromatic nitrogens is 2. The summed E-state index contributed by atoms with van der Waals surface area (Å²) >= 11 is 6.72. The van der Waals surface area contributed by atoms with Crippen LogP contribution in [0.3, 0.4) is 0 Å². The molecule has 4 heterocycles. The van der Waals surface area contributed by atoms with Gasteiger partial charge in [-0.2, -0.15) is 10.2 Å². The lowest BCUT2D eigenvalue weighted by Gasteiger charge is -2.20. The summed E-state index contributed by atoms with van der Waals surface area (Å²) in [5.41, 5.74) is 5.52. The minimum Gasteiger partial charge on any atom is -0.481 e. The molecular formula is C44H44ClFN6O7S. The summed E-state index contributed by atoms with van der Waals surface area (Å²) in [4.78, 5) is 26.3. The first-order valence-electron chi connectivity index (χ1n) is 20.2. The molecule has 2 aromatic heterocycles. The molecule has 1 amide bonds. The van der Waals surface area contributed by atoms with E-state index in [9.17, 15) is 23.6 Å². The average molecular weight is 855 g/mol. The highest BCUT2D eigenvalue weighted by atomic mass is 35.5. The summed E-state index contributed by atoms with van der Waals surface area (Å²) in [5, 5.41) is 20.4. The van der Waals surface area contributed by atoms with Crippen LogP contribution < -0.4 is 14.2 Å². The molecule has 2 saturated heterocycles. The Labute approximate surface area is 352 Å². The van der Waals surface area contributed by atoms with Gasteiger partial charge in [-0.05, 0) is 98.5 Å². The lowest BCUT2D eigenvalue weighted by molar-refractivity contribution is -0.122. The molecule has 2 N–H and O–H groups in total. The van der Waals surface area contributed by atoms with E-state index in [0.29, 0.717) is 98.8 Å². The van der Waals surface area contributed by atoms with Gasteiger partial charge in [-0.15, -0.1) is 0 Å². The largest absolute Gasteiger partial charge is 0.481 e. The van der Waals surface area contributed by atoms with E-state index in [-0.39, 0.29) is 40.7 Å². The van der Waals surface area contributed by atoms with E-state index < -0.39 is 32.4 Å². The number of methoxy groups -OCH3 is 1. The SMILES string of the molecule is COc1nc(O[C@@H]2CCc3c(-c4cccc(-c5nc6cc(CN7CC[C@@H](C(=O)NS(=O)(=O)C8(C)CC8)C7)cc(C#N)c6o5)c4F)cccc32)c(Cl)cc1CN1CC[C@@H](O)C1.